The van der Waals surface area contributed by atoms with Gasteiger partial charge in [-0.1, -0.05) is 37.7 Å². The number of Topliss-reactive ketones (excluding diaryl/α,β-unsaturated/α-hetero) is 1. The van der Waals surface area contributed by atoms with Crippen molar-refractivity contribution in [3.8, 4) is 11.5 Å². The first-order valence-corrected chi connectivity index (χ1v) is 13.2. The van der Waals surface area contributed by atoms with Gasteiger partial charge in [0.2, 0.25) is 0 Å². The van der Waals surface area contributed by atoms with Gasteiger partial charge in [-0.3, -0.25) is 14.3 Å². The highest BCUT2D eigenvalue weighted by Gasteiger charge is 2.16. The Bertz CT molecular complexity index is 1190. The molecular weight excluding hydrogens is 397 g/mol. The van der Waals surface area contributed by atoms with Gasteiger partial charge in [-0.05, 0) is 30.7 Å². The molecule has 0 aliphatic carbocycles. The van der Waals surface area contributed by atoms with Crippen molar-refractivity contribution in [3.63, 3.8) is 0 Å². The van der Waals surface area contributed by atoms with E-state index in [4.69, 9.17) is 0 Å². The predicted octanol–water partition coefficient (Wildman–Crippen LogP) is 3.65. The molecule has 0 saturated carbocycles. The zero-order valence-corrected chi connectivity index (χ0v) is 18.6. The van der Waals surface area contributed by atoms with E-state index >= 15 is 0 Å². The summed E-state index contributed by atoms with van der Waals surface area (Å²) in [6, 6.07) is 9.28. The summed E-state index contributed by atoms with van der Waals surface area (Å²) in [5.74, 6) is 2.61. The van der Waals surface area contributed by atoms with Crippen LogP contribution in [0.4, 0.5) is 4.39 Å². The standard InChI is InChI=1S/C23H24FN3O2Si/c1-17-21(13-25-27(17)15-18-5-8-20(24)9-6-18)22(28)16-26-14-19(7-10-23(26)29)11-12-30(2,3)4/h5-10,13-14H,15-16H2,1-4H3. The average Bonchev–Trinajstić information content (AvgIpc) is 3.04. The fourth-order valence-electron chi connectivity index (χ4n) is 2.87. The van der Waals surface area contributed by atoms with Crippen LogP contribution in [0.2, 0.25) is 19.6 Å². The van der Waals surface area contributed by atoms with Crippen molar-refractivity contribution in [3.05, 3.63) is 87.3 Å². The van der Waals surface area contributed by atoms with Crippen molar-refractivity contribution in [2.75, 3.05) is 0 Å². The molecule has 0 spiro atoms. The maximum absolute atomic E-state index is 13.1. The van der Waals surface area contributed by atoms with Gasteiger partial charge < -0.3 is 4.57 Å². The van der Waals surface area contributed by atoms with Crippen molar-refractivity contribution < 1.29 is 9.18 Å². The van der Waals surface area contributed by atoms with Crippen LogP contribution in [0.1, 0.15) is 27.2 Å². The third-order valence-corrected chi connectivity index (χ3v) is 5.40. The summed E-state index contributed by atoms with van der Waals surface area (Å²) in [5, 5.41) is 4.29. The van der Waals surface area contributed by atoms with Crippen LogP contribution in [-0.2, 0) is 13.1 Å². The lowest BCUT2D eigenvalue weighted by Crippen LogP contribution is -2.23. The SMILES string of the molecule is Cc1c(C(=O)Cn2cc(C#C[Si](C)(C)C)ccc2=O)cnn1Cc1ccc(F)cc1. The molecule has 0 bridgehead atoms. The van der Waals surface area contributed by atoms with Crippen LogP contribution in [0.25, 0.3) is 0 Å². The van der Waals surface area contributed by atoms with Gasteiger partial charge in [0, 0.05) is 23.5 Å². The number of aromatic nitrogens is 3. The van der Waals surface area contributed by atoms with Gasteiger partial charge in [-0.2, -0.15) is 5.10 Å². The fraction of sp³-hybridized carbons (Fsp3) is 0.261. The topological polar surface area (TPSA) is 56.9 Å². The van der Waals surface area contributed by atoms with E-state index in [0.29, 0.717) is 23.4 Å². The summed E-state index contributed by atoms with van der Waals surface area (Å²) in [6.45, 7) is 8.59. The second-order valence-corrected chi connectivity index (χ2v) is 13.0. The average molecular weight is 422 g/mol. The second-order valence-electron chi connectivity index (χ2n) is 8.23. The van der Waals surface area contributed by atoms with Crippen molar-refractivity contribution >= 4 is 13.9 Å². The Balaban J connectivity index is 1.79. The van der Waals surface area contributed by atoms with E-state index in [-0.39, 0.29) is 23.7 Å². The number of benzene rings is 1. The van der Waals surface area contributed by atoms with Crippen LogP contribution in [0.5, 0.6) is 0 Å². The molecule has 0 amide bonds. The van der Waals surface area contributed by atoms with Gasteiger partial charge in [0.05, 0.1) is 24.8 Å². The second kappa shape index (κ2) is 8.64. The van der Waals surface area contributed by atoms with Crippen molar-refractivity contribution in [2.24, 2.45) is 0 Å². The molecule has 3 aromatic rings. The third-order valence-electron chi connectivity index (χ3n) is 4.53. The van der Waals surface area contributed by atoms with Crippen LogP contribution in [0, 0.1) is 24.2 Å². The van der Waals surface area contributed by atoms with Gasteiger partial charge in [-0.15, -0.1) is 5.54 Å². The summed E-state index contributed by atoms with van der Waals surface area (Å²) in [5.41, 5.74) is 5.77. The lowest BCUT2D eigenvalue weighted by atomic mass is 10.1. The molecule has 2 heterocycles. The first kappa shape index (κ1) is 21.5. The molecule has 0 N–H and O–H groups in total. The maximum Gasteiger partial charge on any atom is 0.251 e. The highest BCUT2D eigenvalue weighted by Crippen LogP contribution is 2.12. The number of nitrogens with zero attached hydrogens (tertiary/aromatic N) is 3. The fourth-order valence-corrected chi connectivity index (χ4v) is 3.39. The number of carbonyl (C=O) groups excluding carboxylic acids is 1. The molecule has 0 saturated heterocycles. The molecule has 0 fully saturated rings. The number of rotatable bonds is 5. The molecule has 7 heteroatoms. The highest BCUT2D eigenvalue weighted by molar-refractivity contribution is 6.83. The summed E-state index contributed by atoms with van der Waals surface area (Å²) in [6.07, 6.45) is 3.15. The monoisotopic (exact) mass is 421 g/mol. The molecule has 5 nitrogen and oxygen atoms in total. The van der Waals surface area contributed by atoms with Crippen LogP contribution in [0.15, 0.2) is 53.6 Å². The van der Waals surface area contributed by atoms with Crippen molar-refractivity contribution in [1.29, 1.82) is 0 Å². The van der Waals surface area contributed by atoms with Gasteiger partial charge >= 0.3 is 0 Å². The molecule has 0 radical (unpaired) electrons. The van der Waals surface area contributed by atoms with Crippen LogP contribution < -0.4 is 5.56 Å². The van der Waals surface area contributed by atoms with Gasteiger partial charge in [-0.25, -0.2) is 4.39 Å². The molecule has 154 valence electrons. The molecule has 0 atom stereocenters. The maximum atomic E-state index is 13.1. The van der Waals surface area contributed by atoms with Crippen molar-refractivity contribution in [2.45, 2.75) is 39.7 Å². The minimum atomic E-state index is -1.54. The summed E-state index contributed by atoms with van der Waals surface area (Å²) >= 11 is 0. The number of pyridine rings is 1. The Morgan fingerprint density at radius 1 is 1.13 bits per heavy atom. The summed E-state index contributed by atoms with van der Waals surface area (Å²) < 4.78 is 16.2. The largest absolute Gasteiger partial charge is 0.306 e. The van der Waals surface area contributed by atoms with E-state index in [1.807, 2.05) is 6.92 Å². The summed E-state index contributed by atoms with van der Waals surface area (Å²) in [4.78, 5) is 25.1. The highest BCUT2D eigenvalue weighted by atomic mass is 28.3. The molecule has 1 aromatic carbocycles. The Hall–Kier alpha value is -3.24. The van der Waals surface area contributed by atoms with Crippen LogP contribution >= 0.6 is 0 Å². The first-order valence-electron chi connectivity index (χ1n) is 9.66. The Morgan fingerprint density at radius 2 is 1.83 bits per heavy atom. The Labute approximate surface area is 176 Å². The van der Waals surface area contributed by atoms with Gasteiger partial charge in [0.15, 0.2) is 5.78 Å². The minimum absolute atomic E-state index is 0.0790. The normalized spacial score (nSPS) is 11.1. The quantitative estimate of drug-likeness (QED) is 0.359. The zero-order chi connectivity index (χ0) is 21.9. The lowest BCUT2D eigenvalue weighted by molar-refractivity contribution is 0.0970. The number of halogens is 1. The molecule has 3 rings (SSSR count). The van der Waals surface area contributed by atoms with E-state index in [1.54, 1.807) is 29.1 Å². The Kier molecular flexibility index (Phi) is 6.18. The van der Waals surface area contributed by atoms with Crippen LogP contribution in [0.3, 0.4) is 0 Å². The molecular formula is C23H24FN3O2Si. The number of hydrogen-bond acceptors (Lipinski definition) is 3. The smallest absolute Gasteiger partial charge is 0.251 e. The molecule has 30 heavy (non-hydrogen) atoms. The number of hydrogen-bond donors (Lipinski definition) is 0. The molecule has 0 unspecified atom stereocenters. The predicted molar refractivity (Wildman–Crippen MR) is 118 cm³/mol. The van der Waals surface area contributed by atoms with E-state index in [2.05, 4.69) is 36.2 Å². The van der Waals surface area contributed by atoms with Crippen molar-refractivity contribution in [1.82, 2.24) is 14.3 Å². The minimum Gasteiger partial charge on any atom is -0.306 e. The van der Waals surface area contributed by atoms with E-state index in [1.165, 1.54) is 29.0 Å². The molecule has 2 aromatic heterocycles. The molecule has 0 aliphatic rings. The van der Waals surface area contributed by atoms with E-state index in [0.717, 1.165) is 5.56 Å². The van der Waals surface area contributed by atoms with E-state index in [9.17, 15) is 14.0 Å². The zero-order valence-electron chi connectivity index (χ0n) is 17.6. The van der Waals surface area contributed by atoms with Gasteiger partial charge in [0.1, 0.15) is 13.9 Å². The number of carbonyl (C=O) groups is 1. The van der Waals surface area contributed by atoms with Gasteiger partial charge in [0.25, 0.3) is 5.56 Å². The van der Waals surface area contributed by atoms with Crippen LogP contribution in [-0.4, -0.2) is 28.2 Å². The third kappa shape index (κ3) is 5.42. The first-order chi connectivity index (χ1) is 14.1. The Morgan fingerprint density at radius 3 is 2.50 bits per heavy atom. The molecule has 0 aliphatic heterocycles. The summed E-state index contributed by atoms with van der Waals surface area (Å²) in [7, 11) is -1.54. The van der Waals surface area contributed by atoms with E-state index < -0.39 is 8.07 Å². The number of ketones is 1. The lowest BCUT2D eigenvalue weighted by Gasteiger charge is -2.08.